The molecule has 138 valence electrons. The molecule has 1 aliphatic heterocycles. The van der Waals surface area contributed by atoms with E-state index in [0.29, 0.717) is 6.42 Å². The summed E-state index contributed by atoms with van der Waals surface area (Å²) in [5, 5.41) is 0.247. The van der Waals surface area contributed by atoms with Crippen LogP contribution in [0.2, 0.25) is 18.1 Å². The van der Waals surface area contributed by atoms with Crippen LogP contribution in [0.4, 0.5) is 0 Å². The van der Waals surface area contributed by atoms with Crippen LogP contribution >= 0.6 is 0 Å². The van der Waals surface area contributed by atoms with Crippen LogP contribution in [0.3, 0.4) is 0 Å². The molecule has 0 spiro atoms. The van der Waals surface area contributed by atoms with Gasteiger partial charge in [-0.1, -0.05) is 51.1 Å². The number of ether oxygens (including phenoxy) is 1. The van der Waals surface area contributed by atoms with Gasteiger partial charge in [0, 0.05) is 19.1 Å². The van der Waals surface area contributed by atoms with Crippen molar-refractivity contribution in [1.29, 1.82) is 0 Å². The van der Waals surface area contributed by atoms with Crippen LogP contribution in [0.15, 0.2) is 42.2 Å². The normalized spacial score (nSPS) is 18.7. The topological polar surface area (TPSA) is 35.5 Å². The smallest absolute Gasteiger partial charge is 0.191 e. The molecule has 0 radical (unpaired) electrons. The van der Waals surface area contributed by atoms with E-state index in [-0.39, 0.29) is 16.9 Å². The van der Waals surface area contributed by atoms with Crippen molar-refractivity contribution in [3.05, 3.63) is 47.7 Å². The second kappa shape index (κ2) is 8.32. The van der Waals surface area contributed by atoms with Crippen molar-refractivity contribution >= 4 is 14.1 Å². The van der Waals surface area contributed by atoms with Crippen LogP contribution in [0.1, 0.15) is 58.1 Å². The molecule has 0 N–H and O–H groups in total. The fraction of sp³-hybridized carbons (Fsp3) is 0.571. The lowest BCUT2D eigenvalue weighted by atomic mass is 10.0. The third-order valence-electron chi connectivity index (χ3n) is 5.26. The van der Waals surface area contributed by atoms with Gasteiger partial charge in [0.15, 0.2) is 14.1 Å². The zero-order chi connectivity index (χ0) is 18.5. The fourth-order valence-electron chi connectivity index (χ4n) is 2.61. The highest BCUT2D eigenvalue weighted by Gasteiger charge is 2.36. The largest absolute Gasteiger partial charge is 0.489 e. The van der Waals surface area contributed by atoms with Gasteiger partial charge in [0.1, 0.15) is 11.9 Å². The SMILES string of the molecule is CC(C)(C)[Si](C)(C)OCCCCC1=CC(=O)C[C@@H](c2ccccc2)O1. The van der Waals surface area contributed by atoms with Crippen LogP contribution in [-0.2, 0) is 14.0 Å². The highest BCUT2D eigenvalue weighted by atomic mass is 28.4. The van der Waals surface area contributed by atoms with Gasteiger partial charge < -0.3 is 9.16 Å². The zero-order valence-electron chi connectivity index (χ0n) is 16.3. The Morgan fingerprint density at radius 3 is 2.48 bits per heavy atom. The van der Waals surface area contributed by atoms with Gasteiger partial charge in [0.25, 0.3) is 0 Å². The number of allylic oxidation sites excluding steroid dienone is 2. The summed E-state index contributed by atoms with van der Waals surface area (Å²) in [6.07, 6.45) is 4.75. The van der Waals surface area contributed by atoms with E-state index in [4.69, 9.17) is 9.16 Å². The van der Waals surface area contributed by atoms with Gasteiger partial charge in [0.2, 0.25) is 0 Å². The minimum absolute atomic E-state index is 0.141. The Balaban J connectivity index is 1.78. The molecule has 1 atom stereocenters. The first kappa shape index (κ1) is 19.9. The lowest BCUT2D eigenvalue weighted by Gasteiger charge is -2.36. The molecule has 1 aromatic carbocycles. The number of rotatable bonds is 7. The van der Waals surface area contributed by atoms with E-state index in [2.05, 4.69) is 33.9 Å². The van der Waals surface area contributed by atoms with Crippen molar-refractivity contribution < 1.29 is 14.0 Å². The summed E-state index contributed by atoms with van der Waals surface area (Å²) >= 11 is 0. The molecule has 0 saturated heterocycles. The van der Waals surface area contributed by atoms with Crippen molar-refractivity contribution in [3.63, 3.8) is 0 Å². The first-order valence-corrected chi connectivity index (χ1v) is 12.2. The van der Waals surface area contributed by atoms with Crippen molar-refractivity contribution in [2.24, 2.45) is 0 Å². The Hall–Kier alpha value is -1.39. The summed E-state index contributed by atoms with van der Waals surface area (Å²) in [4.78, 5) is 12.0. The third-order valence-corrected chi connectivity index (χ3v) is 9.80. The first-order chi connectivity index (χ1) is 11.7. The molecule has 1 aromatic rings. The van der Waals surface area contributed by atoms with E-state index >= 15 is 0 Å². The summed E-state index contributed by atoms with van der Waals surface area (Å²) < 4.78 is 12.3. The molecule has 0 saturated carbocycles. The van der Waals surface area contributed by atoms with E-state index < -0.39 is 8.32 Å². The number of carbonyl (C=O) groups excluding carboxylic acids is 1. The maximum atomic E-state index is 12.0. The molecule has 0 aromatic heterocycles. The van der Waals surface area contributed by atoms with E-state index in [0.717, 1.165) is 37.2 Å². The summed E-state index contributed by atoms with van der Waals surface area (Å²) in [6, 6.07) is 9.99. The van der Waals surface area contributed by atoms with Gasteiger partial charge in [0.05, 0.1) is 6.42 Å². The lowest BCUT2D eigenvalue weighted by Crippen LogP contribution is -2.40. The quantitative estimate of drug-likeness (QED) is 0.456. The molecule has 0 amide bonds. The molecule has 0 aliphatic carbocycles. The minimum atomic E-state index is -1.66. The molecule has 2 rings (SSSR count). The van der Waals surface area contributed by atoms with Gasteiger partial charge in [-0.2, -0.15) is 0 Å². The summed E-state index contributed by atoms with van der Waals surface area (Å²) in [5.41, 5.74) is 1.07. The zero-order valence-corrected chi connectivity index (χ0v) is 17.3. The second-order valence-electron chi connectivity index (χ2n) is 8.36. The molecule has 0 unspecified atom stereocenters. The molecule has 4 heteroatoms. The molecular formula is C21H32O3Si. The molecule has 1 aliphatic rings. The Morgan fingerprint density at radius 2 is 1.84 bits per heavy atom. The summed E-state index contributed by atoms with van der Waals surface area (Å²) in [7, 11) is -1.66. The molecular weight excluding hydrogens is 328 g/mol. The monoisotopic (exact) mass is 360 g/mol. The maximum Gasteiger partial charge on any atom is 0.191 e. The molecule has 0 bridgehead atoms. The Morgan fingerprint density at radius 1 is 1.16 bits per heavy atom. The van der Waals surface area contributed by atoms with Crippen molar-refractivity contribution in [1.82, 2.24) is 0 Å². The molecule has 1 heterocycles. The molecule has 3 nitrogen and oxygen atoms in total. The van der Waals surface area contributed by atoms with E-state index in [1.807, 2.05) is 30.3 Å². The van der Waals surface area contributed by atoms with Crippen molar-refractivity contribution in [2.75, 3.05) is 6.61 Å². The van der Waals surface area contributed by atoms with Crippen LogP contribution in [-0.4, -0.2) is 20.7 Å². The van der Waals surface area contributed by atoms with Crippen molar-refractivity contribution in [2.45, 2.75) is 70.7 Å². The highest BCUT2D eigenvalue weighted by Crippen LogP contribution is 2.36. The lowest BCUT2D eigenvalue weighted by molar-refractivity contribution is -0.118. The molecule has 25 heavy (non-hydrogen) atoms. The predicted octanol–water partition coefficient (Wildman–Crippen LogP) is 5.79. The van der Waals surface area contributed by atoms with Gasteiger partial charge >= 0.3 is 0 Å². The number of unbranched alkanes of at least 4 members (excludes halogenated alkanes) is 1. The minimum Gasteiger partial charge on any atom is -0.489 e. The maximum absolute atomic E-state index is 12.0. The first-order valence-electron chi connectivity index (χ1n) is 9.28. The Labute approximate surface area is 153 Å². The average molecular weight is 361 g/mol. The average Bonchev–Trinajstić information content (AvgIpc) is 2.54. The number of carbonyl (C=O) groups is 1. The Kier molecular flexibility index (Phi) is 6.63. The number of hydrogen-bond acceptors (Lipinski definition) is 3. The van der Waals surface area contributed by atoms with Gasteiger partial charge in [-0.15, -0.1) is 0 Å². The van der Waals surface area contributed by atoms with Gasteiger partial charge in [-0.05, 0) is 36.5 Å². The van der Waals surface area contributed by atoms with Crippen LogP contribution in [0.25, 0.3) is 0 Å². The highest BCUT2D eigenvalue weighted by molar-refractivity contribution is 6.74. The van der Waals surface area contributed by atoms with Crippen LogP contribution in [0.5, 0.6) is 0 Å². The third kappa shape index (κ3) is 5.82. The Bertz CT molecular complexity index is 599. The van der Waals surface area contributed by atoms with Gasteiger partial charge in [-0.3, -0.25) is 4.79 Å². The van der Waals surface area contributed by atoms with Gasteiger partial charge in [-0.25, -0.2) is 0 Å². The van der Waals surface area contributed by atoms with E-state index in [1.165, 1.54) is 0 Å². The van der Waals surface area contributed by atoms with Crippen LogP contribution < -0.4 is 0 Å². The van der Waals surface area contributed by atoms with Crippen molar-refractivity contribution in [3.8, 4) is 0 Å². The predicted molar refractivity (Wildman–Crippen MR) is 105 cm³/mol. The molecule has 0 fully saturated rings. The second-order valence-corrected chi connectivity index (χ2v) is 13.2. The number of hydrogen-bond donors (Lipinski definition) is 0. The summed E-state index contributed by atoms with van der Waals surface area (Å²) in [5.74, 6) is 0.977. The summed E-state index contributed by atoms with van der Waals surface area (Å²) in [6.45, 7) is 12.1. The fourth-order valence-corrected chi connectivity index (χ4v) is 3.70. The number of benzene rings is 1. The van der Waals surface area contributed by atoms with E-state index in [1.54, 1.807) is 6.08 Å². The standard InChI is InChI=1S/C21H32O3Si/c1-21(2,3)25(4,5)23-14-10-9-13-19-15-18(22)16-20(24-19)17-11-7-6-8-12-17/h6-8,11-12,15,20H,9-10,13-14,16H2,1-5H3/t20-/m0/s1. The number of ketones is 1. The van der Waals surface area contributed by atoms with Crippen LogP contribution in [0, 0.1) is 0 Å². The van der Waals surface area contributed by atoms with E-state index in [9.17, 15) is 4.79 Å².